The third-order valence-electron chi connectivity index (χ3n) is 7.78. The van der Waals surface area contributed by atoms with Crippen LogP contribution in [-0.4, -0.2) is 17.6 Å². The van der Waals surface area contributed by atoms with Crippen molar-refractivity contribution in [3.8, 4) is 0 Å². The molecule has 1 aromatic heterocycles. The van der Waals surface area contributed by atoms with Crippen molar-refractivity contribution in [1.82, 2.24) is 4.98 Å². The summed E-state index contributed by atoms with van der Waals surface area (Å²) in [7, 11) is 0. The molecule has 0 aliphatic carbocycles. The molecule has 5 aromatic rings. The number of anilines is 2. The van der Waals surface area contributed by atoms with E-state index in [1.165, 1.54) is 57.2 Å². The van der Waals surface area contributed by atoms with Crippen LogP contribution in [0.2, 0.25) is 0 Å². The predicted octanol–water partition coefficient (Wildman–Crippen LogP) is 7.12. The van der Waals surface area contributed by atoms with Gasteiger partial charge in [0.15, 0.2) is 0 Å². The SMILES string of the molecule is c1ccc2c(c1)N(Cc1ccc3ccccc3c1)Cc1cc3ccccc3nc1CC1CCCN21. The molecule has 0 saturated carbocycles. The summed E-state index contributed by atoms with van der Waals surface area (Å²) in [5.41, 5.74) is 7.76. The summed E-state index contributed by atoms with van der Waals surface area (Å²) in [5, 5.41) is 3.82. The highest BCUT2D eigenvalue weighted by Gasteiger charge is 2.31. The number of rotatable bonds is 2. The van der Waals surface area contributed by atoms with Crippen LogP contribution in [0, 0.1) is 0 Å². The minimum atomic E-state index is 0.504. The number of pyridine rings is 1. The molecule has 35 heavy (non-hydrogen) atoms. The number of benzene rings is 4. The van der Waals surface area contributed by atoms with Gasteiger partial charge in [-0.15, -0.1) is 0 Å². The van der Waals surface area contributed by atoms with E-state index in [-0.39, 0.29) is 0 Å². The molecule has 1 unspecified atom stereocenters. The maximum absolute atomic E-state index is 5.21. The standard InChI is InChI=1S/C32H29N3/c1-2-9-25-18-23(15-16-24(25)8-1)21-34-22-27-19-26-10-3-4-12-29(26)33-30(27)20-28-11-7-17-35(28)32-14-6-5-13-31(32)34/h1-6,8-10,12-16,18-19,28H,7,11,17,20-22H2. The molecule has 2 aliphatic rings. The van der Waals surface area contributed by atoms with E-state index in [2.05, 4.69) is 107 Å². The van der Waals surface area contributed by atoms with Crippen LogP contribution in [-0.2, 0) is 19.5 Å². The molecule has 0 radical (unpaired) electrons. The first-order valence-electron chi connectivity index (χ1n) is 12.8. The largest absolute Gasteiger partial charge is 0.366 e. The zero-order valence-corrected chi connectivity index (χ0v) is 19.9. The fourth-order valence-electron chi connectivity index (χ4n) is 6.07. The molecule has 1 saturated heterocycles. The Kier molecular flexibility index (Phi) is 4.94. The van der Waals surface area contributed by atoms with Gasteiger partial charge in [0.1, 0.15) is 0 Å². The number of hydrogen-bond donors (Lipinski definition) is 0. The van der Waals surface area contributed by atoms with Crippen molar-refractivity contribution in [3.63, 3.8) is 0 Å². The van der Waals surface area contributed by atoms with Gasteiger partial charge in [-0.3, -0.25) is 4.98 Å². The van der Waals surface area contributed by atoms with Crippen molar-refractivity contribution in [3.05, 3.63) is 114 Å². The average Bonchev–Trinajstić information content (AvgIpc) is 3.37. The Labute approximate surface area is 206 Å². The average molecular weight is 456 g/mol. The molecule has 3 nitrogen and oxygen atoms in total. The molecule has 3 heteroatoms. The molecule has 3 heterocycles. The minimum Gasteiger partial charge on any atom is -0.366 e. The zero-order valence-electron chi connectivity index (χ0n) is 19.9. The van der Waals surface area contributed by atoms with E-state index in [0.29, 0.717) is 6.04 Å². The highest BCUT2D eigenvalue weighted by Crippen LogP contribution is 2.39. The monoisotopic (exact) mass is 455 g/mol. The molecule has 0 amide bonds. The van der Waals surface area contributed by atoms with E-state index >= 15 is 0 Å². The van der Waals surface area contributed by atoms with Gasteiger partial charge in [-0.2, -0.15) is 0 Å². The molecule has 1 fully saturated rings. The second-order valence-electron chi connectivity index (χ2n) is 10.0. The van der Waals surface area contributed by atoms with Crippen LogP contribution in [0.25, 0.3) is 21.7 Å². The van der Waals surface area contributed by atoms with Crippen LogP contribution in [0.5, 0.6) is 0 Å². The second kappa shape index (κ2) is 8.42. The van der Waals surface area contributed by atoms with Crippen LogP contribution in [0.1, 0.15) is 29.7 Å². The maximum Gasteiger partial charge on any atom is 0.0705 e. The first-order valence-corrected chi connectivity index (χ1v) is 12.8. The van der Waals surface area contributed by atoms with Crippen LogP contribution in [0.15, 0.2) is 97.1 Å². The Balaban J connectivity index is 1.38. The van der Waals surface area contributed by atoms with Gasteiger partial charge in [0.25, 0.3) is 0 Å². The summed E-state index contributed by atoms with van der Waals surface area (Å²) in [5.74, 6) is 0. The molecule has 7 rings (SSSR count). The first-order chi connectivity index (χ1) is 17.3. The van der Waals surface area contributed by atoms with E-state index in [1.807, 2.05) is 0 Å². The van der Waals surface area contributed by atoms with Crippen LogP contribution < -0.4 is 9.80 Å². The predicted molar refractivity (Wildman–Crippen MR) is 146 cm³/mol. The lowest BCUT2D eigenvalue weighted by Gasteiger charge is -2.32. The van der Waals surface area contributed by atoms with Crippen molar-refractivity contribution in [2.24, 2.45) is 0 Å². The maximum atomic E-state index is 5.21. The van der Waals surface area contributed by atoms with Gasteiger partial charge in [-0.1, -0.05) is 66.7 Å². The van der Waals surface area contributed by atoms with E-state index in [9.17, 15) is 0 Å². The Morgan fingerprint density at radius 3 is 2.43 bits per heavy atom. The van der Waals surface area contributed by atoms with Crippen LogP contribution in [0.4, 0.5) is 11.4 Å². The van der Waals surface area contributed by atoms with Crippen molar-refractivity contribution in [1.29, 1.82) is 0 Å². The molecule has 0 bridgehead atoms. The third kappa shape index (κ3) is 3.72. The summed E-state index contributed by atoms with van der Waals surface area (Å²) < 4.78 is 0. The summed E-state index contributed by atoms with van der Waals surface area (Å²) in [6.45, 7) is 2.85. The topological polar surface area (TPSA) is 19.4 Å². The number of hydrogen-bond acceptors (Lipinski definition) is 3. The van der Waals surface area contributed by atoms with Gasteiger partial charge in [-0.25, -0.2) is 0 Å². The quantitative estimate of drug-likeness (QED) is 0.282. The van der Waals surface area contributed by atoms with Crippen LogP contribution >= 0.6 is 0 Å². The fraction of sp³-hybridized carbons (Fsp3) is 0.219. The Morgan fingerprint density at radius 1 is 0.743 bits per heavy atom. The van der Waals surface area contributed by atoms with Crippen molar-refractivity contribution >= 4 is 33.1 Å². The van der Waals surface area contributed by atoms with Gasteiger partial charge in [0, 0.05) is 43.2 Å². The Morgan fingerprint density at radius 2 is 1.51 bits per heavy atom. The second-order valence-corrected chi connectivity index (χ2v) is 10.0. The highest BCUT2D eigenvalue weighted by atomic mass is 15.2. The van der Waals surface area contributed by atoms with Gasteiger partial charge in [-0.05, 0) is 65.1 Å². The summed E-state index contributed by atoms with van der Waals surface area (Å²) in [6.07, 6.45) is 3.48. The Bertz CT molecular complexity index is 1540. The summed E-state index contributed by atoms with van der Waals surface area (Å²) in [6, 6.07) is 36.0. The van der Waals surface area contributed by atoms with E-state index in [4.69, 9.17) is 4.98 Å². The molecule has 0 N–H and O–H groups in total. The van der Waals surface area contributed by atoms with Gasteiger partial charge in [0.2, 0.25) is 0 Å². The molecule has 0 spiro atoms. The van der Waals surface area contributed by atoms with Crippen LogP contribution in [0.3, 0.4) is 0 Å². The lowest BCUT2D eigenvalue weighted by Crippen LogP contribution is -2.32. The number of para-hydroxylation sites is 3. The van der Waals surface area contributed by atoms with Crippen molar-refractivity contribution in [2.75, 3.05) is 16.3 Å². The van der Waals surface area contributed by atoms with E-state index < -0.39 is 0 Å². The molecule has 172 valence electrons. The van der Waals surface area contributed by atoms with E-state index in [1.54, 1.807) is 0 Å². The highest BCUT2D eigenvalue weighted by molar-refractivity contribution is 5.83. The van der Waals surface area contributed by atoms with Gasteiger partial charge >= 0.3 is 0 Å². The molecular formula is C32H29N3. The zero-order chi connectivity index (χ0) is 23.2. The molecular weight excluding hydrogens is 426 g/mol. The van der Waals surface area contributed by atoms with Gasteiger partial charge in [0.05, 0.1) is 16.9 Å². The normalized spacial score (nSPS) is 17.4. The molecule has 2 aliphatic heterocycles. The number of fused-ring (bicyclic) bond motifs is 6. The molecule has 4 aromatic carbocycles. The summed E-state index contributed by atoms with van der Waals surface area (Å²) in [4.78, 5) is 10.4. The minimum absolute atomic E-state index is 0.504. The van der Waals surface area contributed by atoms with Crippen molar-refractivity contribution < 1.29 is 0 Å². The number of nitrogens with zero attached hydrogens (tertiary/aromatic N) is 3. The molecule has 1 atom stereocenters. The van der Waals surface area contributed by atoms with E-state index in [0.717, 1.165) is 31.6 Å². The number of aromatic nitrogens is 1. The smallest absolute Gasteiger partial charge is 0.0705 e. The fourth-order valence-corrected chi connectivity index (χ4v) is 6.07. The van der Waals surface area contributed by atoms with Gasteiger partial charge < -0.3 is 9.80 Å². The van der Waals surface area contributed by atoms with Crippen molar-refractivity contribution in [2.45, 2.75) is 38.4 Å². The first kappa shape index (κ1) is 20.5. The lowest BCUT2D eigenvalue weighted by atomic mass is 10.0. The summed E-state index contributed by atoms with van der Waals surface area (Å²) >= 11 is 0. The Hall–Kier alpha value is -3.85. The third-order valence-corrected chi connectivity index (χ3v) is 7.78. The lowest BCUT2D eigenvalue weighted by molar-refractivity contribution is 0.653.